The Labute approximate surface area is 139 Å². The number of halogens is 3. The third kappa shape index (κ3) is 2.86. The van der Waals surface area contributed by atoms with Crippen molar-refractivity contribution in [2.45, 2.75) is 12.5 Å². The molecule has 0 amide bonds. The summed E-state index contributed by atoms with van der Waals surface area (Å²) in [5.74, 6) is -0.387. The number of rotatable bonds is 3. The molecule has 1 unspecified atom stereocenters. The summed E-state index contributed by atoms with van der Waals surface area (Å²) in [6.07, 6.45) is -0.633. The molecule has 108 valence electrons. The molecule has 3 rings (SSSR count). The van der Waals surface area contributed by atoms with Gasteiger partial charge in [-0.1, -0.05) is 29.8 Å². The van der Waals surface area contributed by atoms with Gasteiger partial charge >= 0.3 is 0 Å². The summed E-state index contributed by atoms with van der Waals surface area (Å²) in [4.78, 5) is 0. The maximum absolute atomic E-state index is 13.8. The lowest BCUT2D eigenvalue weighted by atomic mass is 10.0. The van der Waals surface area contributed by atoms with Crippen molar-refractivity contribution >= 4 is 49.0 Å². The molecular weight excluding hydrogens is 375 g/mol. The minimum atomic E-state index is -0.789. The van der Waals surface area contributed by atoms with Crippen molar-refractivity contribution in [3.05, 3.63) is 68.2 Å². The molecule has 0 saturated carbocycles. The lowest BCUT2D eigenvalue weighted by molar-refractivity contribution is 0.179. The van der Waals surface area contributed by atoms with E-state index in [4.69, 9.17) is 11.6 Å². The van der Waals surface area contributed by atoms with E-state index >= 15 is 0 Å². The number of hydrogen-bond acceptors (Lipinski definition) is 2. The molecule has 1 nitrogen and oxygen atoms in total. The van der Waals surface area contributed by atoms with Gasteiger partial charge in [-0.25, -0.2) is 4.39 Å². The van der Waals surface area contributed by atoms with Gasteiger partial charge in [0, 0.05) is 26.2 Å². The molecule has 0 aliphatic carbocycles. The van der Waals surface area contributed by atoms with E-state index in [-0.39, 0.29) is 12.2 Å². The lowest BCUT2D eigenvalue weighted by Gasteiger charge is -2.12. The van der Waals surface area contributed by atoms with Gasteiger partial charge < -0.3 is 5.11 Å². The Balaban J connectivity index is 1.98. The molecule has 0 spiro atoms. The van der Waals surface area contributed by atoms with Gasteiger partial charge in [-0.05, 0) is 50.5 Å². The molecule has 1 aromatic heterocycles. The molecule has 0 saturated heterocycles. The zero-order chi connectivity index (χ0) is 15.0. The van der Waals surface area contributed by atoms with Crippen LogP contribution < -0.4 is 0 Å². The second kappa shape index (κ2) is 6.05. The van der Waals surface area contributed by atoms with Crippen molar-refractivity contribution in [3.8, 4) is 0 Å². The molecular formula is C16H11BrClFOS. The molecule has 0 fully saturated rings. The first kappa shape index (κ1) is 15.0. The van der Waals surface area contributed by atoms with Crippen molar-refractivity contribution in [2.75, 3.05) is 0 Å². The van der Waals surface area contributed by atoms with Gasteiger partial charge in [-0.2, -0.15) is 0 Å². The SMILES string of the molecule is OC(Cc1c(F)cccc1Cl)c1csc2c(Br)cccc12. The molecule has 1 heterocycles. The van der Waals surface area contributed by atoms with Crippen LogP contribution in [0.3, 0.4) is 0 Å². The highest BCUT2D eigenvalue weighted by molar-refractivity contribution is 9.10. The second-order valence-corrected chi connectivity index (χ2v) is 6.87. The number of aliphatic hydroxyl groups excluding tert-OH is 1. The van der Waals surface area contributed by atoms with Crippen molar-refractivity contribution in [1.29, 1.82) is 0 Å². The summed E-state index contributed by atoms with van der Waals surface area (Å²) in [5.41, 5.74) is 1.15. The van der Waals surface area contributed by atoms with Gasteiger partial charge in [-0.3, -0.25) is 0 Å². The van der Waals surface area contributed by atoms with E-state index in [1.54, 1.807) is 23.5 Å². The smallest absolute Gasteiger partial charge is 0.127 e. The van der Waals surface area contributed by atoms with E-state index < -0.39 is 6.10 Å². The van der Waals surface area contributed by atoms with Gasteiger partial charge in [0.1, 0.15) is 5.82 Å². The standard InChI is InChI=1S/C16H11BrClFOS/c17-12-4-1-3-9-11(8-21-16(9)12)15(20)7-10-13(18)5-2-6-14(10)19/h1-6,8,15,20H,7H2. The minimum absolute atomic E-state index is 0.157. The van der Waals surface area contributed by atoms with Gasteiger partial charge in [0.2, 0.25) is 0 Å². The third-order valence-corrected chi connectivity index (χ3v) is 5.72. The Hall–Kier alpha value is -0.940. The maximum Gasteiger partial charge on any atom is 0.127 e. The predicted molar refractivity (Wildman–Crippen MR) is 89.6 cm³/mol. The molecule has 0 aliphatic rings. The van der Waals surface area contributed by atoms with Gasteiger partial charge in [0.05, 0.1) is 6.10 Å². The van der Waals surface area contributed by atoms with Crippen LogP contribution in [0.1, 0.15) is 17.2 Å². The molecule has 0 aliphatic heterocycles. The highest BCUT2D eigenvalue weighted by atomic mass is 79.9. The minimum Gasteiger partial charge on any atom is -0.388 e. The predicted octanol–water partition coefficient (Wildman–Crippen LogP) is 5.73. The Morgan fingerprint density at radius 3 is 2.76 bits per heavy atom. The van der Waals surface area contributed by atoms with E-state index in [0.29, 0.717) is 10.6 Å². The normalized spacial score (nSPS) is 12.8. The fraction of sp³-hybridized carbons (Fsp3) is 0.125. The first-order chi connectivity index (χ1) is 10.1. The molecule has 1 N–H and O–H groups in total. The highest BCUT2D eigenvalue weighted by Gasteiger charge is 2.18. The van der Waals surface area contributed by atoms with Crippen molar-refractivity contribution in [1.82, 2.24) is 0 Å². The zero-order valence-corrected chi connectivity index (χ0v) is 14.0. The molecule has 0 radical (unpaired) electrons. The summed E-state index contributed by atoms with van der Waals surface area (Å²) in [7, 11) is 0. The summed E-state index contributed by atoms with van der Waals surface area (Å²) in [5, 5.41) is 13.7. The number of benzene rings is 2. The summed E-state index contributed by atoms with van der Waals surface area (Å²) in [6.45, 7) is 0. The van der Waals surface area contributed by atoms with E-state index in [1.807, 2.05) is 23.6 Å². The van der Waals surface area contributed by atoms with Gasteiger partial charge in [-0.15, -0.1) is 11.3 Å². The maximum atomic E-state index is 13.8. The largest absolute Gasteiger partial charge is 0.388 e. The van der Waals surface area contributed by atoms with Gasteiger partial charge in [0.25, 0.3) is 0 Å². The van der Waals surface area contributed by atoms with Crippen LogP contribution in [0.2, 0.25) is 5.02 Å². The molecule has 1 atom stereocenters. The number of thiophene rings is 1. The summed E-state index contributed by atoms with van der Waals surface area (Å²) >= 11 is 11.1. The highest BCUT2D eigenvalue weighted by Crippen LogP contribution is 2.36. The first-order valence-electron chi connectivity index (χ1n) is 6.34. The van der Waals surface area contributed by atoms with Crippen LogP contribution in [-0.4, -0.2) is 5.11 Å². The van der Waals surface area contributed by atoms with E-state index in [1.165, 1.54) is 6.07 Å². The Kier molecular flexibility index (Phi) is 4.31. The average Bonchev–Trinajstić information content (AvgIpc) is 2.88. The second-order valence-electron chi connectivity index (χ2n) is 4.73. The lowest BCUT2D eigenvalue weighted by Crippen LogP contribution is -2.03. The van der Waals surface area contributed by atoms with Crippen LogP contribution in [0.5, 0.6) is 0 Å². The Morgan fingerprint density at radius 2 is 2.00 bits per heavy atom. The number of aliphatic hydroxyl groups is 1. The molecule has 0 bridgehead atoms. The average molecular weight is 386 g/mol. The Morgan fingerprint density at radius 1 is 1.24 bits per heavy atom. The quantitative estimate of drug-likeness (QED) is 0.610. The topological polar surface area (TPSA) is 20.2 Å². The number of fused-ring (bicyclic) bond motifs is 1. The molecule has 21 heavy (non-hydrogen) atoms. The Bertz CT molecular complexity index is 782. The summed E-state index contributed by atoms with van der Waals surface area (Å²) in [6, 6.07) is 10.4. The van der Waals surface area contributed by atoms with Crippen LogP contribution in [-0.2, 0) is 6.42 Å². The van der Waals surface area contributed by atoms with E-state index in [0.717, 1.165) is 20.1 Å². The van der Waals surface area contributed by atoms with Crippen LogP contribution in [0.4, 0.5) is 4.39 Å². The van der Waals surface area contributed by atoms with Gasteiger partial charge in [0.15, 0.2) is 0 Å². The number of hydrogen-bond donors (Lipinski definition) is 1. The zero-order valence-electron chi connectivity index (χ0n) is 10.8. The van der Waals surface area contributed by atoms with Crippen LogP contribution in [0.15, 0.2) is 46.3 Å². The fourth-order valence-electron chi connectivity index (χ4n) is 2.33. The van der Waals surface area contributed by atoms with Crippen molar-refractivity contribution < 1.29 is 9.50 Å². The van der Waals surface area contributed by atoms with E-state index in [9.17, 15) is 9.50 Å². The van der Waals surface area contributed by atoms with Crippen LogP contribution in [0.25, 0.3) is 10.1 Å². The summed E-state index contributed by atoms with van der Waals surface area (Å²) < 4.78 is 15.9. The van der Waals surface area contributed by atoms with E-state index in [2.05, 4.69) is 15.9 Å². The molecule has 2 aromatic carbocycles. The van der Waals surface area contributed by atoms with Crippen molar-refractivity contribution in [3.63, 3.8) is 0 Å². The monoisotopic (exact) mass is 384 g/mol. The third-order valence-electron chi connectivity index (χ3n) is 3.40. The fourth-order valence-corrected chi connectivity index (χ4v) is 4.24. The van der Waals surface area contributed by atoms with Crippen LogP contribution >= 0.6 is 38.9 Å². The molecule has 5 heteroatoms. The van der Waals surface area contributed by atoms with Crippen molar-refractivity contribution in [2.24, 2.45) is 0 Å². The van der Waals surface area contributed by atoms with Crippen LogP contribution in [0, 0.1) is 5.82 Å². The molecule has 3 aromatic rings. The first-order valence-corrected chi connectivity index (χ1v) is 8.39.